The van der Waals surface area contributed by atoms with Gasteiger partial charge < -0.3 is 21.2 Å². The Hall–Kier alpha value is -2.50. The van der Waals surface area contributed by atoms with Gasteiger partial charge >= 0.3 is 0 Å². The topological polar surface area (TPSA) is 107 Å². The number of carbonyl (C=O) groups is 1. The van der Waals surface area contributed by atoms with Gasteiger partial charge in [0.05, 0.1) is 6.20 Å². The van der Waals surface area contributed by atoms with E-state index in [0.717, 1.165) is 0 Å². The summed E-state index contributed by atoms with van der Waals surface area (Å²) in [5, 5.41) is 2.77. The molecule has 1 unspecified atom stereocenters. The highest BCUT2D eigenvalue weighted by Crippen LogP contribution is 2.16. The standard InChI is InChI=1S/C13H16N4O2/c1-7-6-16-13(19-7)8(2)17-12(18)9-3-10(14)5-11(15)4-9/h3-6,8H,14-15H2,1-2H3,(H,17,18). The van der Waals surface area contributed by atoms with E-state index >= 15 is 0 Å². The number of nitrogens with one attached hydrogen (secondary N) is 1. The number of hydrogen-bond acceptors (Lipinski definition) is 5. The van der Waals surface area contributed by atoms with Crippen LogP contribution < -0.4 is 16.8 Å². The number of nitrogen functional groups attached to an aromatic ring is 2. The summed E-state index contributed by atoms with van der Waals surface area (Å²) in [4.78, 5) is 16.1. The molecule has 1 aromatic carbocycles. The molecule has 100 valence electrons. The van der Waals surface area contributed by atoms with Crippen molar-refractivity contribution in [2.24, 2.45) is 0 Å². The minimum absolute atomic E-state index is 0.276. The van der Waals surface area contributed by atoms with E-state index in [0.29, 0.717) is 28.6 Å². The van der Waals surface area contributed by atoms with Crippen molar-refractivity contribution in [3.63, 3.8) is 0 Å². The predicted molar refractivity (Wildman–Crippen MR) is 72.4 cm³/mol. The third-order valence-corrected chi connectivity index (χ3v) is 2.60. The first-order valence-corrected chi connectivity index (χ1v) is 5.85. The summed E-state index contributed by atoms with van der Waals surface area (Å²) in [6.45, 7) is 3.59. The van der Waals surface area contributed by atoms with Crippen LogP contribution in [0.1, 0.15) is 35.0 Å². The number of aromatic nitrogens is 1. The quantitative estimate of drug-likeness (QED) is 0.727. The minimum atomic E-state index is -0.330. The Bertz CT molecular complexity index is 586. The zero-order chi connectivity index (χ0) is 14.0. The second kappa shape index (κ2) is 5.01. The molecule has 1 atom stereocenters. The fourth-order valence-electron chi connectivity index (χ4n) is 1.72. The van der Waals surface area contributed by atoms with Crippen LogP contribution >= 0.6 is 0 Å². The summed E-state index contributed by atoms with van der Waals surface area (Å²) < 4.78 is 5.35. The number of anilines is 2. The highest BCUT2D eigenvalue weighted by atomic mass is 16.4. The summed E-state index contributed by atoms with van der Waals surface area (Å²) in [5.74, 6) is 0.884. The Kier molecular flexibility index (Phi) is 3.41. The first-order valence-electron chi connectivity index (χ1n) is 5.85. The Balaban J connectivity index is 2.12. The summed E-state index contributed by atoms with van der Waals surface area (Å²) in [6, 6.07) is 4.40. The summed E-state index contributed by atoms with van der Waals surface area (Å²) >= 11 is 0. The van der Waals surface area contributed by atoms with Crippen molar-refractivity contribution in [3.05, 3.63) is 41.6 Å². The van der Waals surface area contributed by atoms with Crippen LogP contribution in [0, 0.1) is 6.92 Å². The van der Waals surface area contributed by atoms with Crippen molar-refractivity contribution in [3.8, 4) is 0 Å². The van der Waals surface area contributed by atoms with E-state index in [2.05, 4.69) is 10.3 Å². The second-order valence-electron chi connectivity index (χ2n) is 4.39. The maximum absolute atomic E-state index is 12.0. The lowest BCUT2D eigenvalue weighted by Gasteiger charge is -2.11. The van der Waals surface area contributed by atoms with E-state index in [1.54, 1.807) is 38.2 Å². The van der Waals surface area contributed by atoms with E-state index in [1.165, 1.54) is 0 Å². The van der Waals surface area contributed by atoms with Gasteiger partial charge in [0.25, 0.3) is 5.91 Å². The molecule has 1 amide bonds. The van der Waals surface area contributed by atoms with Gasteiger partial charge in [0.15, 0.2) is 0 Å². The molecule has 19 heavy (non-hydrogen) atoms. The van der Waals surface area contributed by atoms with Gasteiger partial charge in [0.2, 0.25) is 5.89 Å². The van der Waals surface area contributed by atoms with Crippen molar-refractivity contribution in [2.75, 3.05) is 11.5 Å². The van der Waals surface area contributed by atoms with E-state index in [1.807, 2.05) is 0 Å². The molecule has 6 nitrogen and oxygen atoms in total. The molecule has 2 rings (SSSR count). The molecule has 2 aromatic rings. The Morgan fingerprint density at radius 2 is 1.95 bits per heavy atom. The molecule has 1 heterocycles. The summed E-state index contributed by atoms with van der Waals surface area (Å²) in [7, 11) is 0. The molecule has 0 spiro atoms. The number of nitrogens with two attached hydrogens (primary N) is 2. The average molecular weight is 260 g/mol. The van der Waals surface area contributed by atoms with Crippen LogP contribution in [-0.4, -0.2) is 10.9 Å². The molecule has 0 radical (unpaired) electrons. The van der Waals surface area contributed by atoms with E-state index < -0.39 is 0 Å². The van der Waals surface area contributed by atoms with Crippen LogP contribution in [0.25, 0.3) is 0 Å². The molecule has 0 saturated carbocycles. The second-order valence-corrected chi connectivity index (χ2v) is 4.39. The number of oxazole rings is 1. The SMILES string of the molecule is Cc1cnc(C(C)NC(=O)c2cc(N)cc(N)c2)o1. The monoisotopic (exact) mass is 260 g/mol. The Labute approximate surface area is 110 Å². The summed E-state index contributed by atoms with van der Waals surface area (Å²) in [6.07, 6.45) is 1.61. The third-order valence-electron chi connectivity index (χ3n) is 2.60. The molecule has 1 aromatic heterocycles. The summed E-state index contributed by atoms with van der Waals surface area (Å²) in [5.41, 5.74) is 12.6. The van der Waals surface area contributed by atoms with Gasteiger partial charge in [-0.25, -0.2) is 4.98 Å². The minimum Gasteiger partial charge on any atom is -0.444 e. The molecule has 0 aliphatic carbocycles. The van der Waals surface area contributed by atoms with E-state index in [-0.39, 0.29) is 11.9 Å². The third kappa shape index (κ3) is 3.04. The zero-order valence-corrected chi connectivity index (χ0v) is 10.8. The molecule has 0 aliphatic heterocycles. The van der Waals surface area contributed by atoms with Gasteiger partial charge in [0.1, 0.15) is 11.8 Å². The van der Waals surface area contributed by atoms with Crippen LogP contribution in [0.4, 0.5) is 11.4 Å². The van der Waals surface area contributed by atoms with Gasteiger partial charge in [-0.15, -0.1) is 0 Å². The maximum atomic E-state index is 12.0. The highest BCUT2D eigenvalue weighted by Gasteiger charge is 2.15. The van der Waals surface area contributed by atoms with Crippen LogP contribution in [0.5, 0.6) is 0 Å². The van der Waals surface area contributed by atoms with E-state index in [9.17, 15) is 4.79 Å². The molecule has 0 bridgehead atoms. The Morgan fingerprint density at radius 1 is 1.32 bits per heavy atom. The maximum Gasteiger partial charge on any atom is 0.252 e. The number of hydrogen-bond donors (Lipinski definition) is 3. The van der Waals surface area contributed by atoms with Crippen molar-refractivity contribution in [1.29, 1.82) is 0 Å². The lowest BCUT2D eigenvalue weighted by atomic mass is 10.1. The molecule has 0 saturated heterocycles. The van der Waals surface area contributed by atoms with Crippen LogP contribution in [0.15, 0.2) is 28.8 Å². The van der Waals surface area contributed by atoms with Crippen LogP contribution in [-0.2, 0) is 0 Å². The van der Waals surface area contributed by atoms with E-state index in [4.69, 9.17) is 15.9 Å². The van der Waals surface area contributed by atoms with Crippen molar-refractivity contribution in [2.45, 2.75) is 19.9 Å². The first-order chi connectivity index (χ1) is 8.95. The lowest BCUT2D eigenvalue weighted by Crippen LogP contribution is -2.27. The van der Waals surface area contributed by atoms with Gasteiger partial charge in [0, 0.05) is 16.9 Å². The fourth-order valence-corrected chi connectivity index (χ4v) is 1.72. The number of carbonyl (C=O) groups excluding carboxylic acids is 1. The van der Waals surface area contributed by atoms with Crippen molar-refractivity contribution < 1.29 is 9.21 Å². The van der Waals surface area contributed by atoms with Crippen LogP contribution in [0.2, 0.25) is 0 Å². The average Bonchev–Trinajstić information content (AvgIpc) is 2.74. The molecular formula is C13H16N4O2. The smallest absolute Gasteiger partial charge is 0.252 e. The van der Waals surface area contributed by atoms with Crippen molar-refractivity contribution >= 4 is 17.3 Å². The number of rotatable bonds is 3. The molecule has 5 N–H and O–H groups in total. The predicted octanol–water partition coefficient (Wildman–Crippen LogP) is 1.64. The number of aryl methyl sites for hydroxylation is 1. The van der Waals surface area contributed by atoms with Gasteiger partial charge in [-0.2, -0.15) is 0 Å². The van der Waals surface area contributed by atoms with Gasteiger partial charge in [-0.3, -0.25) is 4.79 Å². The normalized spacial score (nSPS) is 12.1. The number of benzene rings is 1. The fraction of sp³-hybridized carbons (Fsp3) is 0.231. The largest absolute Gasteiger partial charge is 0.444 e. The first kappa shape index (κ1) is 12.9. The molecule has 0 fully saturated rings. The number of amides is 1. The molecule has 0 aliphatic rings. The van der Waals surface area contributed by atoms with Gasteiger partial charge in [-0.1, -0.05) is 0 Å². The number of nitrogens with zero attached hydrogens (tertiary/aromatic N) is 1. The van der Waals surface area contributed by atoms with Crippen LogP contribution in [0.3, 0.4) is 0 Å². The lowest BCUT2D eigenvalue weighted by molar-refractivity contribution is 0.0934. The van der Waals surface area contributed by atoms with Gasteiger partial charge in [-0.05, 0) is 32.0 Å². The van der Waals surface area contributed by atoms with Crippen molar-refractivity contribution in [1.82, 2.24) is 10.3 Å². The zero-order valence-electron chi connectivity index (χ0n) is 10.8. The molecular weight excluding hydrogens is 244 g/mol. The highest BCUT2D eigenvalue weighted by molar-refractivity contribution is 5.96. The molecule has 6 heteroatoms. The Morgan fingerprint density at radius 3 is 2.47 bits per heavy atom.